The van der Waals surface area contributed by atoms with E-state index in [1.54, 1.807) is 31.4 Å². The van der Waals surface area contributed by atoms with Gasteiger partial charge in [0.25, 0.3) is 11.5 Å². The third-order valence-electron chi connectivity index (χ3n) is 4.28. The van der Waals surface area contributed by atoms with Gasteiger partial charge in [-0.05, 0) is 29.8 Å². The van der Waals surface area contributed by atoms with Crippen molar-refractivity contribution in [2.24, 2.45) is 0 Å². The van der Waals surface area contributed by atoms with Gasteiger partial charge in [0.1, 0.15) is 5.39 Å². The molecule has 2 N–H and O–H groups in total. The summed E-state index contributed by atoms with van der Waals surface area (Å²) in [6, 6.07) is 14.4. The number of hydrogen-bond acceptors (Lipinski definition) is 5. The summed E-state index contributed by atoms with van der Waals surface area (Å²) in [6.45, 7) is 0.489. The number of ether oxygens (including phenoxy) is 1. The van der Waals surface area contributed by atoms with E-state index in [1.807, 2.05) is 24.3 Å². The second kappa shape index (κ2) is 7.45. The van der Waals surface area contributed by atoms with Crippen molar-refractivity contribution in [1.29, 1.82) is 0 Å². The normalized spacial score (nSPS) is 10.9. The third-order valence-corrected chi connectivity index (χ3v) is 4.28. The van der Waals surface area contributed by atoms with Gasteiger partial charge in [-0.1, -0.05) is 24.3 Å². The van der Waals surface area contributed by atoms with Gasteiger partial charge < -0.3 is 15.0 Å². The SMILES string of the molecule is COCc1ccc(C(=O)Nc2ccccc2-n2ncc3c(=O)[nH]cnc32)cc1. The zero-order chi connectivity index (χ0) is 19.5. The molecule has 0 atom stereocenters. The molecule has 8 heteroatoms. The van der Waals surface area contributed by atoms with Crippen LogP contribution in [0.2, 0.25) is 0 Å². The molecule has 28 heavy (non-hydrogen) atoms. The van der Waals surface area contributed by atoms with E-state index in [9.17, 15) is 9.59 Å². The molecule has 4 rings (SSSR count). The maximum absolute atomic E-state index is 12.7. The van der Waals surface area contributed by atoms with E-state index < -0.39 is 0 Å². The molecule has 0 fully saturated rings. The number of fused-ring (bicyclic) bond motifs is 1. The number of aromatic amines is 1. The number of H-pyrrole nitrogens is 1. The third kappa shape index (κ3) is 3.28. The van der Waals surface area contributed by atoms with Crippen molar-refractivity contribution in [2.75, 3.05) is 12.4 Å². The van der Waals surface area contributed by atoms with Gasteiger partial charge in [-0.2, -0.15) is 5.10 Å². The average Bonchev–Trinajstić information content (AvgIpc) is 3.14. The molecule has 0 saturated carbocycles. The first-order chi connectivity index (χ1) is 13.7. The largest absolute Gasteiger partial charge is 0.380 e. The Bertz CT molecular complexity index is 1190. The van der Waals surface area contributed by atoms with Gasteiger partial charge in [-0.25, -0.2) is 9.67 Å². The van der Waals surface area contributed by atoms with Crippen LogP contribution in [0.4, 0.5) is 5.69 Å². The lowest BCUT2D eigenvalue weighted by Gasteiger charge is -2.12. The maximum Gasteiger partial charge on any atom is 0.261 e. The van der Waals surface area contributed by atoms with E-state index >= 15 is 0 Å². The number of rotatable bonds is 5. The van der Waals surface area contributed by atoms with Crippen LogP contribution in [-0.4, -0.2) is 32.8 Å². The predicted octanol–water partition coefficient (Wildman–Crippen LogP) is 2.51. The lowest BCUT2D eigenvalue weighted by molar-refractivity contribution is 0.102. The fourth-order valence-corrected chi connectivity index (χ4v) is 2.91. The zero-order valence-corrected chi connectivity index (χ0v) is 15.0. The lowest BCUT2D eigenvalue weighted by Crippen LogP contribution is -2.14. The van der Waals surface area contributed by atoms with Gasteiger partial charge >= 0.3 is 0 Å². The maximum atomic E-state index is 12.7. The van der Waals surface area contributed by atoms with Crippen molar-refractivity contribution < 1.29 is 9.53 Å². The summed E-state index contributed by atoms with van der Waals surface area (Å²) in [5.74, 6) is -0.251. The quantitative estimate of drug-likeness (QED) is 0.558. The molecule has 2 aromatic heterocycles. The van der Waals surface area contributed by atoms with E-state index in [4.69, 9.17) is 4.74 Å². The van der Waals surface area contributed by atoms with Crippen LogP contribution in [0.25, 0.3) is 16.7 Å². The predicted molar refractivity (Wildman–Crippen MR) is 105 cm³/mol. The van der Waals surface area contributed by atoms with Crippen molar-refractivity contribution >= 4 is 22.6 Å². The van der Waals surface area contributed by atoms with Gasteiger partial charge in [0.2, 0.25) is 0 Å². The average molecular weight is 375 g/mol. The Labute approximate surface area is 159 Å². The number of carbonyl (C=O) groups is 1. The first-order valence-corrected chi connectivity index (χ1v) is 8.57. The van der Waals surface area contributed by atoms with Crippen LogP contribution < -0.4 is 10.9 Å². The highest BCUT2D eigenvalue weighted by atomic mass is 16.5. The smallest absolute Gasteiger partial charge is 0.261 e. The van der Waals surface area contributed by atoms with Crippen LogP contribution in [0.5, 0.6) is 0 Å². The monoisotopic (exact) mass is 375 g/mol. The summed E-state index contributed by atoms with van der Waals surface area (Å²) in [5.41, 5.74) is 2.82. The molecule has 0 bridgehead atoms. The minimum atomic E-state index is -0.270. The molecule has 0 aliphatic heterocycles. The number of nitrogens with zero attached hydrogens (tertiary/aromatic N) is 3. The Morgan fingerprint density at radius 3 is 2.75 bits per heavy atom. The molecule has 4 aromatic rings. The van der Waals surface area contributed by atoms with Gasteiger partial charge in [0, 0.05) is 12.7 Å². The molecule has 140 valence electrons. The fraction of sp³-hybridized carbons (Fsp3) is 0.100. The van der Waals surface area contributed by atoms with Crippen molar-refractivity contribution in [1.82, 2.24) is 19.7 Å². The number of carbonyl (C=O) groups excluding carboxylic acids is 1. The summed E-state index contributed by atoms with van der Waals surface area (Å²) in [7, 11) is 1.62. The van der Waals surface area contributed by atoms with E-state index in [0.29, 0.717) is 34.6 Å². The molecule has 1 amide bonds. The Balaban J connectivity index is 1.67. The molecular formula is C20H17N5O3. The number of para-hydroxylation sites is 2. The van der Waals surface area contributed by atoms with Gasteiger partial charge in [0.05, 0.1) is 30.5 Å². The van der Waals surface area contributed by atoms with Gasteiger partial charge in [0.15, 0.2) is 5.65 Å². The second-order valence-electron chi connectivity index (χ2n) is 6.13. The van der Waals surface area contributed by atoms with E-state index in [-0.39, 0.29) is 11.5 Å². The molecule has 8 nitrogen and oxygen atoms in total. The van der Waals surface area contributed by atoms with Crippen LogP contribution >= 0.6 is 0 Å². The molecule has 2 heterocycles. The minimum absolute atomic E-state index is 0.251. The molecule has 0 spiro atoms. The standard InChI is InChI=1S/C20H17N5O3/c1-28-11-13-6-8-14(9-7-13)19(26)24-16-4-2-3-5-17(16)25-18-15(10-23-25)20(27)22-12-21-18/h2-10,12H,11H2,1H3,(H,24,26)(H,21,22,27). The molecule has 0 radical (unpaired) electrons. The van der Waals surface area contributed by atoms with Crippen LogP contribution in [0, 0.1) is 0 Å². The van der Waals surface area contributed by atoms with Gasteiger partial charge in [-0.15, -0.1) is 0 Å². The van der Waals surface area contributed by atoms with Crippen molar-refractivity contribution in [2.45, 2.75) is 6.61 Å². The van der Waals surface area contributed by atoms with Crippen molar-refractivity contribution in [3.05, 3.63) is 82.5 Å². The van der Waals surface area contributed by atoms with Crippen LogP contribution in [-0.2, 0) is 11.3 Å². The second-order valence-corrected chi connectivity index (χ2v) is 6.13. The molecule has 0 aliphatic rings. The summed E-state index contributed by atoms with van der Waals surface area (Å²) in [6.07, 6.45) is 2.78. The lowest BCUT2D eigenvalue weighted by atomic mass is 10.1. The topological polar surface area (TPSA) is 102 Å². The molecule has 0 saturated heterocycles. The number of hydrogen-bond donors (Lipinski definition) is 2. The number of benzene rings is 2. The zero-order valence-electron chi connectivity index (χ0n) is 15.0. The van der Waals surface area contributed by atoms with Crippen LogP contribution in [0.1, 0.15) is 15.9 Å². The van der Waals surface area contributed by atoms with Gasteiger partial charge in [-0.3, -0.25) is 9.59 Å². The van der Waals surface area contributed by atoms with Crippen molar-refractivity contribution in [3.63, 3.8) is 0 Å². The molecule has 0 unspecified atom stereocenters. The molecular weight excluding hydrogens is 358 g/mol. The van der Waals surface area contributed by atoms with Crippen LogP contribution in [0.15, 0.2) is 65.8 Å². The van der Waals surface area contributed by atoms with E-state index in [0.717, 1.165) is 5.56 Å². The van der Waals surface area contributed by atoms with E-state index in [1.165, 1.54) is 17.2 Å². The molecule has 2 aromatic carbocycles. The minimum Gasteiger partial charge on any atom is -0.380 e. The number of anilines is 1. The number of aromatic nitrogens is 4. The Morgan fingerprint density at radius 1 is 1.18 bits per heavy atom. The summed E-state index contributed by atoms with van der Waals surface area (Å²) >= 11 is 0. The summed E-state index contributed by atoms with van der Waals surface area (Å²) in [5, 5.41) is 7.54. The highest BCUT2D eigenvalue weighted by molar-refractivity contribution is 6.05. The summed E-state index contributed by atoms with van der Waals surface area (Å²) in [4.78, 5) is 31.3. The Kier molecular flexibility index (Phi) is 4.69. The number of nitrogens with one attached hydrogen (secondary N) is 2. The first-order valence-electron chi connectivity index (χ1n) is 8.57. The summed E-state index contributed by atoms with van der Waals surface area (Å²) < 4.78 is 6.61. The van der Waals surface area contributed by atoms with E-state index in [2.05, 4.69) is 20.4 Å². The number of methoxy groups -OCH3 is 1. The highest BCUT2D eigenvalue weighted by Crippen LogP contribution is 2.23. The van der Waals surface area contributed by atoms with Crippen molar-refractivity contribution in [3.8, 4) is 5.69 Å². The fourth-order valence-electron chi connectivity index (χ4n) is 2.91. The Hall–Kier alpha value is -3.78. The highest BCUT2D eigenvalue weighted by Gasteiger charge is 2.14. The number of amides is 1. The van der Waals surface area contributed by atoms with Crippen LogP contribution in [0.3, 0.4) is 0 Å². The molecule has 0 aliphatic carbocycles. The first kappa shape index (κ1) is 17.6. The Morgan fingerprint density at radius 2 is 1.96 bits per heavy atom.